The van der Waals surface area contributed by atoms with E-state index in [1.807, 2.05) is 25.2 Å². The third-order valence-electron chi connectivity index (χ3n) is 1.98. The normalized spacial score (nSPS) is 11.0. The molecular weight excluding hydrogens is 216 g/mol. The van der Waals surface area contributed by atoms with E-state index >= 15 is 0 Å². The molecule has 0 aliphatic rings. The van der Waals surface area contributed by atoms with E-state index in [1.165, 1.54) is 11.3 Å². The van der Waals surface area contributed by atoms with Crippen molar-refractivity contribution >= 4 is 33.5 Å². The summed E-state index contributed by atoms with van der Waals surface area (Å²) >= 11 is 2.84. The van der Waals surface area contributed by atoms with Gasteiger partial charge in [-0.2, -0.15) is 0 Å². The molecule has 2 rings (SSSR count). The highest BCUT2D eigenvalue weighted by Crippen LogP contribution is 2.22. The second-order valence-electron chi connectivity index (χ2n) is 2.86. The summed E-state index contributed by atoms with van der Waals surface area (Å²) < 4.78 is 5.72. The van der Waals surface area contributed by atoms with E-state index in [2.05, 4.69) is 4.72 Å². The Bertz CT molecular complexity index is 515. The van der Waals surface area contributed by atoms with E-state index in [1.54, 1.807) is 23.6 Å². The van der Waals surface area contributed by atoms with Crippen LogP contribution >= 0.6 is 23.3 Å². The van der Waals surface area contributed by atoms with Crippen LogP contribution in [-0.4, -0.2) is 11.6 Å². The molecule has 1 aromatic heterocycles. The number of benzene rings is 1. The second kappa shape index (κ2) is 3.76. The van der Waals surface area contributed by atoms with Crippen molar-refractivity contribution in [1.29, 1.82) is 0 Å². The molecule has 0 aliphatic carbocycles. The maximum absolute atomic E-state index is 11.4. The van der Waals surface area contributed by atoms with Crippen LogP contribution in [0.4, 0.5) is 0 Å². The first kappa shape index (κ1) is 9.76. The molecule has 1 N–H and O–H groups in total. The maximum atomic E-state index is 11.4. The number of aryl methyl sites for hydroxylation is 1. The molecule has 0 aliphatic heterocycles. The molecule has 0 radical (unpaired) electrons. The minimum absolute atomic E-state index is 0.0895. The van der Waals surface area contributed by atoms with Gasteiger partial charge < -0.3 is 4.57 Å². The zero-order valence-corrected chi connectivity index (χ0v) is 9.54. The maximum Gasteiger partial charge on any atom is 0.307 e. The number of fused-ring (bicyclic) bond motifs is 1. The van der Waals surface area contributed by atoms with Crippen molar-refractivity contribution in [3.8, 4) is 0 Å². The van der Waals surface area contributed by atoms with Gasteiger partial charge in [-0.1, -0.05) is 11.3 Å². The minimum atomic E-state index is 0.0895. The van der Waals surface area contributed by atoms with Gasteiger partial charge in [-0.15, -0.1) is 0 Å². The van der Waals surface area contributed by atoms with Crippen LogP contribution < -0.4 is 9.60 Å². The number of hydrogen-bond donors (Lipinski definition) is 1. The van der Waals surface area contributed by atoms with Gasteiger partial charge in [0.25, 0.3) is 0 Å². The van der Waals surface area contributed by atoms with E-state index in [9.17, 15) is 4.79 Å². The first-order chi connectivity index (χ1) is 6.72. The Labute approximate surface area is 89.9 Å². The van der Waals surface area contributed by atoms with Gasteiger partial charge in [0.1, 0.15) is 0 Å². The first-order valence-electron chi connectivity index (χ1n) is 4.15. The zero-order chi connectivity index (χ0) is 10.1. The van der Waals surface area contributed by atoms with Crippen molar-refractivity contribution in [2.24, 2.45) is 7.05 Å². The van der Waals surface area contributed by atoms with Crippen molar-refractivity contribution in [3.63, 3.8) is 0 Å². The molecule has 0 atom stereocenters. The summed E-state index contributed by atoms with van der Waals surface area (Å²) in [7, 11) is 3.67. The summed E-state index contributed by atoms with van der Waals surface area (Å²) in [6, 6.07) is 6.02. The summed E-state index contributed by atoms with van der Waals surface area (Å²) in [6.07, 6.45) is 0. The lowest BCUT2D eigenvalue weighted by Gasteiger charge is -1.99. The number of nitrogens with zero attached hydrogens (tertiary/aromatic N) is 1. The van der Waals surface area contributed by atoms with Gasteiger partial charge in [-0.05, 0) is 37.2 Å². The fourth-order valence-corrected chi connectivity index (χ4v) is 2.84. The minimum Gasteiger partial charge on any atom is -0.302 e. The second-order valence-corrected chi connectivity index (χ2v) is 4.94. The van der Waals surface area contributed by atoms with Crippen molar-refractivity contribution in [3.05, 3.63) is 27.9 Å². The summed E-state index contributed by atoms with van der Waals surface area (Å²) in [5.74, 6) is 0. The Morgan fingerprint density at radius 3 is 3.00 bits per heavy atom. The molecule has 1 heterocycles. The third-order valence-corrected chi connectivity index (χ3v) is 3.67. The van der Waals surface area contributed by atoms with E-state index in [0.717, 1.165) is 15.1 Å². The smallest absolute Gasteiger partial charge is 0.302 e. The molecule has 74 valence electrons. The third kappa shape index (κ3) is 1.58. The molecule has 0 saturated heterocycles. The highest BCUT2D eigenvalue weighted by atomic mass is 32.2. The summed E-state index contributed by atoms with van der Waals surface area (Å²) in [6.45, 7) is 0. The zero-order valence-electron chi connectivity index (χ0n) is 7.90. The Hall–Kier alpha value is -0.780. The molecule has 2 aromatic rings. The Morgan fingerprint density at radius 2 is 2.29 bits per heavy atom. The highest BCUT2D eigenvalue weighted by Gasteiger charge is 2.04. The summed E-state index contributed by atoms with van der Waals surface area (Å²) in [4.78, 5) is 12.6. The molecular formula is C9H10N2OS2. The molecule has 14 heavy (non-hydrogen) atoms. The van der Waals surface area contributed by atoms with E-state index < -0.39 is 0 Å². The molecule has 0 amide bonds. The van der Waals surface area contributed by atoms with Crippen molar-refractivity contribution in [1.82, 2.24) is 9.29 Å². The van der Waals surface area contributed by atoms with Crippen LogP contribution in [0.2, 0.25) is 0 Å². The van der Waals surface area contributed by atoms with Crippen LogP contribution in [-0.2, 0) is 7.05 Å². The summed E-state index contributed by atoms with van der Waals surface area (Å²) in [5, 5.41) is 0. The average molecular weight is 226 g/mol. The molecule has 0 saturated carbocycles. The van der Waals surface area contributed by atoms with Gasteiger partial charge in [0.2, 0.25) is 0 Å². The van der Waals surface area contributed by atoms with Gasteiger partial charge >= 0.3 is 4.87 Å². The monoisotopic (exact) mass is 226 g/mol. The first-order valence-corrected chi connectivity index (χ1v) is 5.79. The Morgan fingerprint density at radius 1 is 1.50 bits per heavy atom. The number of hydrogen-bond acceptors (Lipinski definition) is 4. The largest absolute Gasteiger partial charge is 0.307 e. The van der Waals surface area contributed by atoms with Crippen LogP contribution in [0.15, 0.2) is 27.9 Å². The molecule has 5 heteroatoms. The standard InChI is InChI=1S/C9H10N2OS2/c1-10-14-6-3-4-7-8(5-6)13-9(12)11(7)2/h3-5,10H,1-2H3. The van der Waals surface area contributed by atoms with E-state index in [-0.39, 0.29) is 4.87 Å². The molecule has 0 fully saturated rings. The van der Waals surface area contributed by atoms with Crippen LogP contribution in [0.1, 0.15) is 0 Å². The quantitative estimate of drug-likeness (QED) is 0.793. The highest BCUT2D eigenvalue weighted by molar-refractivity contribution is 7.97. The summed E-state index contributed by atoms with van der Waals surface area (Å²) in [5.41, 5.74) is 1.00. The molecule has 3 nitrogen and oxygen atoms in total. The van der Waals surface area contributed by atoms with Crippen LogP contribution in [0.3, 0.4) is 0 Å². The van der Waals surface area contributed by atoms with Gasteiger partial charge in [-0.3, -0.25) is 9.52 Å². The predicted molar refractivity (Wildman–Crippen MR) is 62.0 cm³/mol. The van der Waals surface area contributed by atoms with Crippen molar-refractivity contribution in [2.45, 2.75) is 4.90 Å². The SMILES string of the molecule is CNSc1ccc2c(c1)sc(=O)n2C. The molecule has 0 bridgehead atoms. The topological polar surface area (TPSA) is 34.0 Å². The lowest BCUT2D eigenvalue weighted by atomic mass is 10.3. The lowest BCUT2D eigenvalue weighted by Crippen LogP contribution is -2.06. The fourth-order valence-electron chi connectivity index (χ4n) is 1.30. The van der Waals surface area contributed by atoms with E-state index in [0.29, 0.717) is 0 Å². The number of aromatic nitrogens is 1. The lowest BCUT2D eigenvalue weighted by molar-refractivity contribution is 0.938. The van der Waals surface area contributed by atoms with Crippen molar-refractivity contribution in [2.75, 3.05) is 7.05 Å². The van der Waals surface area contributed by atoms with E-state index in [4.69, 9.17) is 0 Å². The Balaban J connectivity index is 2.61. The molecule has 1 aromatic carbocycles. The predicted octanol–water partition coefficient (Wildman–Crippen LogP) is 1.83. The number of thiazole rings is 1. The van der Waals surface area contributed by atoms with Gasteiger partial charge in [-0.25, -0.2) is 0 Å². The number of rotatable bonds is 2. The van der Waals surface area contributed by atoms with Gasteiger partial charge in [0, 0.05) is 11.9 Å². The van der Waals surface area contributed by atoms with Gasteiger partial charge in [0.15, 0.2) is 0 Å². The Kier molecular flexibility index (Phi) is 2.62. The van der Waals surface area contributed by atoms with Gasteiger partial charge in [0.05, 0.1) is 10.2 Å². The van der Waals surface area contributed by atoms with Crippen LogP contribution in [0.5, 0.6) is 0 Å². The fraction of sp³-hybridized carbons (Fsp3) is 0.222. The van der Waals surface area contributed by atoms with Crippen LogP contribution in [0, 0.1) is 0 Å². The average Bonchev–Trinajstić information content (AvgIpc) is 2.43. The van der Waals surface area contributed by atoms with Crippen LogP contribution in [0.25, 0.3) is 10.2 Å². The molecule has 0 spiro atoms. The van der Waals surface area contributed by atoms with Crippen molar-refractivity contribution < 1.29 is 0 Å². The molecule has 0 unspecified atom stereocenters. The number of nitrogens with one attached hydrogen (secondary N) is 1.